The molecule has 0 aliphatic carbocycles. The van der Waals surface area contributed by atoms with Crippen LogP contribution in [0.25, 0.3) is 22.3 Å². The highest BCUT2D eigenvalue weighted by molar-refractivity contribution is 5.97. The number of rotatable bonds is 6. The number of amides is 1. The van der Waals surface area contributed by atoms with E-state index in [0.717, 1.165) is 27.8 Å². The van der Waals surface area contributed by atoms with Crippen molar-refractivity contribution < 1.29 is 23.9 Å². The zero-order valence-electron chi connectivity index (χ0n) is 24.3. The van der Waals surface area contributed by atoms with Gasteiger partial charge in [-0.25, -0.2) is 9.59 Å². The van der Waals surface area contributed by atoms with Gasteiger partial charge in [-0.2, -0.15) is 0 Å². The molecule has 3 N–H and O–H groups in total. The molecule has 0 saturated heterocycles. The van der Waals surface area contributed by atoms with E-state index in [4.69, 9.17) is 15.2 Å². The molecule has 0 radical (unpaired) electrons. The first-order valence-corrected chi connectivity index (χ1v) is 13.2. The van der Waals surface area contributed by atoms with Crippen LogP contribution in [-0.4, -0.2) is 32.1 Å². The van der Waals surface area contributed by atoms with Crippen LogP contribution < -0.4 is 11.1 Å². The van der Waals surface area contributed by atoms with Gasteiger partial charge in [0.15, 0.2) is 0 Å². The second kappa shape index (κ2) is 13.9. The molecule has 0 spiro atoms. The van der Waals surface area contributed by atoms with Crippen LogP contribution in [0.5, 0.6) is 0 Å². The van der Waals surface area contributed by atoms with Gasteiger partial charge in [0.05, 0.1) is 25.3 Å². The van der Waals surface area contributed by atoms with Crippen LogP contribution in [0, 0.1) is 19.8 Å². The Bertz CT molecular complexity index is 1520. The molecule has 1 amide bonds. The molecule has 0 saturated carbocycles. The topological polar surface area (TPSA) is 108 Å². The Morgan fingerprint density at radius 1 is 0.634 bits per heavy atom. The second-order valence-electron chi connectivity index (χ2n) is 10.0. The number of anilines is 2. The summed E-state index contributed by atoms with van der Waals surface area (Å²) in [5.41, 5.74) is 13.9. The number of hydrogen-bond donors (Lipinski definition) is 2. The SMILES string of the molecule is COC(=O)c1cc(N)cc(-c2ccc(C)cc2)c1.COC(=O)c1cc(NC(=O)C(C)C)cc(-c2ccc(C)cc2)c1. The van der Waals surface area contributed by atoms with Crippen LogP contribution in [0.1, 0.15) is 45.7 Å². The lowest BCUT2D eigenvalue weighted by Crippen LogP contribution is -2.18. The Morgan fingerprint density at radius 3 is 1.51 bits per heavy atom. The average Bonchev–Trinajstić information content (AvgIpc) is 2.96. The third-order valence-electron chi connectivity index (χ3n) is 6.29. The molecule has 0 aliphatic heterocycles. The van der Waals surface area contributed by atoms with E-state index in [9.17, 15) is 14.4 Å². The van der Waals surface area contributed by atoms with Crippen molar-refractivity contribution in [3.63, 3.8) is 0 Å². The monoisotopic (exact) mass is 552 g/mol. The Balaban J connectivity index is 0.000000232. The first kappa shape index (κ1) is 30.6. The number of aryl methyl sites for hydroxylation is 2. The van der Waals surface area contributed by atoms with Crippen LogP contribution >= 0.6 is 0 Å². The maximum absolute atomic E-state index is 11.9. The summed E-state index contributed by atoms with van der Waals surface area (Å²) < 4.78 is 9.51. The van der Waals surface area contributed by atoms with Gasteiger partial charge in [0.2, 0.25) is 5.91 Å². The largest absolute Gasteiger partial charge is 0.465 e. The summed E-state index contributed by atoms with van der Waals surface area (Å²) in [6.07, 6.45) is 0. The quantitative estimate of drug-likeness (QED) is 0.196. The fourth-order valence-corrected chi connectivity index (χ4v) is 3.93. The van der Waals surface area contributed by atoms with Gasteiger partial charge in [0, 0.05) is 17.3 Å². The van der Waals surface area contributed by atoms with Gasteiger partial charge in [-0.3, -0.25) is 4.79 Å². The number of benzene rings is 4. The Hall–Kier alpha value is -4.91. The summed E-state index contributed by atoms with van der Waals surface area (Å²) in [5.74, 6) is -1.05. The smallest absolute Gasteiger partial charge is 0.337 e. The maximum atomic E-state index is 11.9. The molecule has 212 valence electrons. The summed E-state index contributed by atoms with van der Waals surface area (Å²) in [6, 6.07) is 26.5. The van der Waals surface area contributed by atoms with Crippen molar-refractivity contribution in [1.29, 1.82) is 0 Å². The molecule has 4 aromatic rings. The molecule has 0 heterocycles. The number of nitrogens with two attached hydrogens (primary N) is 1. The number of carbonyl (C=O) groups excluding carboxylic acids is 3. The molecular weight excluding hydrogens is 516 g/mol. The minimum absolute atomic E-state index is 0.0955. The fraction of sp³-hybridized carbons (Fsp3) is 0.206. The highest BCUT2D eigenvalue weighted by atomic mass is 16.5. The van der Waals surface area contributed by atoms with Gasteiger partial charge < -0.3 is 20.5 Å². The minimum Gasteiger partial charge on any atom is -0.465 e. The van der Waals surface area contributed by atoms with Gasteiger partial charge in [-0.1, -0.05) is 73.5 Å². The van der Waals surface area contributed by atoms with Crippen LogP contribution in [-0.2, 0) is 14.3 Å². The number of hydrogen-bond acceptors (Lipinski definition) is 6. The maximum Gasteiger partial charge on any atom is 0.337 e. The van der Waals surface area contributed by atoms with Gasteiger partial charge in [0.25, 0.3) is 0 Å². The third-order valence-corrected chi connectivity index (χ3v) is 6.29. The zero-order valence-corrected chi connectivity index (χ0v) is 24.3. The first-order valence-electron chi connectivity index (χ1n) is 13.2. The molecule has 41 heavy (non-hydrogen) atoms. The van der Waals surface area contributed by atoms with Gasteiger partial charge >= 0.3 is 11.9 Å². The van der Waals surface area contributed by atoms with Gasteiger partial charge in [0.1, 0.15) is 0 Å². The van der Waals surface area contributed by atoms with Crippen molar-refractivity contribution in [2.45, 2.75) is 27.7 Å². The summed E-state index contributed by atoms with van der Waals surface area (Å²) >= 11 is 0. The van der Waals surface area contributed by atoms with Crippen molar-refractivity contribution in [3.8, 4) is 22.3 Å². The summed E-state index contributed by atoms with van der Waals surface area (Å²) in [6.45, 7) is 7.69. The molecular formula is C34H36N2O5. The number of esters is 2. The van der Waals surface area contributed by atoms with Crippen molar-refractivity contribution in [3.05, 3.63) is 107 Å². The van der Waals surface area contributed by atoms with E-state index in [1.54, 1.807) is 24.3 Å². The van der Waals surface area contributed by atoms with Crippen molar-refractivity contribution in [2.75, 3.05) is 25.3 Å². The molecule has 4 aromatic carbocycles. The zero-order chi connectivity index (χ0) is 30.1. The molecule has 0 unspecified atom stereocenters. The highest BCUT2D eigenvalue weighted by Gasteiger charge is 2.13. The molecule has 0 aromatic heterocycles. The number of carbonyl (C=O) groups is 3. The van der Waals surface area contributed by atoms with Crippen LogP contribution in [0.3, 0.4) is 0 Å². The van der Waals surface area contributed by atoms with Crippen LogP contribution in [0.4, 0.5) is 11.4 Å². The van der Waals surface area contributed by atoms with E-state index in [1.807, 2.05) is 88.4 Å². The second-order valence-corrected chi connectivity index (χ2v) is 10.0. The van der Waals surface area contributed by atoms with Gasteiger partial charge in [-0.05, 0) is 72.5 Å². The number of methoxy groups -OCH3 is 2. The number of nitrogen functional groups attached to an aromatic ring is 1. The summed E-state index contributed by atoms with van der Waals surface area (Å²) in [7, 11) is 2.70. The van der Waals surface area contributed by atoms with E-state index in [1.165, 1.54) is 19.8 Å². The molecule has 0 aliphatic rings. The summed E-state index contributed by atoms with van der Waals surface area (Å²) in [5, 5.41) is 2.84. The fourth-order valence-electron chi connectivity index (χ4n) is 3.93. The third kappa shape index (κ3) is 8.54. The minimum atomic E-state index is -0.431. The molecule has 7 heteroatoms. The van der Waals surface area contributed by atoms with E-state index >= 15 is 0 Å². The highest BCUT2D eigenvalue weighted by Crippen LogP contribution is 2.27. The Labute approximate surface area is 241 Å². The van der Waals surface area contributed by atoms with Crippen LogP contribution in [0.15, 0.2) is 84.9 Å². The number of nitrogens with one attached hydrogen (secondary N) is 1. The normalized spacial score (nSPS) is 10.3. The lowest BCUT2D eigenvalue weighted by molar-refractivity contribution is -0.118. The van der Waals surface area contributed by atoms with E-state index in [2.05, 4.69) is 5.32 Å². The Kier molecular flexibility index (Phi) is 10.4. The van der Waals surface area contributed by atoms with Crippen LogP contribution in [0.2, 0.25) is 0 Å². The first-order chi connectivity index (χ1) is 19.5. The molecule has 0 bridgehead atoms. The lowest BCUT2D eigenvalue weighted by Gasteiger charge is -2.12. The lowest BCUT2D eigenvalue weighted by atomic mass is 10.0. The molecule has 0 fully saturated rings. The van der Waals surface area contributed by atoms with E-state index in [-0.39, 0.29) is 17.8 Å². The van der Waals surface area contributed by atoms with E-state index < -0.39 is 5.97 Å². The predicted octanol–water partition coefficient (Wildman–Crippen LogP) is 7.07. The van der Waals surface area contributed by atoms with Crippen molar-refractivity contribution in [2.24, 2.45) is 5.92 Å². The molecule has 0 atom stereocenters. The van der Waals surface area contributed by atoms with E-state index in [0.29, 0.717) is 22.5 Å². The molecule has 7 nitrogen and oxygen atoms in total. The average molecular weight is 553 g/mol. The predicted molar refractivity (Wildman–Crippen MR) is 164 cm³/mol. The Morgan fingerprint density at radius 2 is 1.07 bits per heavy atom. The summed E-state index contributed by atoms with van der Waals surface area (Å²) in [4.78, 5) is 35.3. The van der Waals surface area contributed by atoms with Crippen molar-refractivity contribution in [1.82, 2.24) is 0 Å². The standard InChI is InChI=1S/C19H21NO3.C15H15NO2/c1-12(2)18(21)20-17-10-15(9-16(11-17)19(22)23-4)14-7-5-13(3)6-8-14;1-10-3-5-11(6-4-10)12-7-13(15(17)18-2)9-14(16)8-12/h5-12H,1-4H3,(H,20,21);3-9H,16H2,1-2H3. The van der Waals surface area contributed by atoms with Gasteiger partial charge in [-0.15, -0.1) is 0 Å². The molecule has 4 rings (SSSR count). The van der Waals surface area contributed by atoms with Crippen molar-refractivity contribution >= 4 is 29.2 Å². The number of ether oxygens (including phenoxy) is 2.